The number of rotatable bonds is 4. The lowest BCUT2D eigenvalue weighted by molar-refractivity contribution is -0.0888. The third-order valence-corrected chi connectivity index (χ3v) is 5.00. The summed E-state index contributed by atoms with van der Waals surface area (Å²) in [5.41, 5.74) is -0.694. The van der Waals surface area contributed by atoms with Crippen LogP contribution < -0.4 is 5.32 Å². The van der Waals surface area contributed by atoms with E-state index in [-0.39, 0.29) is 24.3 Å². The largest absolute Gasteiger partial charge is 0.380 e. The lowest BCUT2D eigenvalue weighted by Crippen LogP contribution is -2.61. The first-order valence-electron chi connectivity index (χ1n) is 9.95. The van der Waals surface area contributed by atoms with E-state index in [2.05, 4.69) is 10.3 Å². The van der Waals surface area contributed by atoms with Crippen molar-refractivity contribution in [1.29, 1.82) is 0 Å². The molecule has 1 aromatic heterocycles. The van der Waals surface area contributed by atoms with E-state index in [0.29, 0.717) is 11.3 Å². The molecule has 2 aromatic carbocycles. The maximum Gasteiger partial charge on any atom is 0.256 e. The second kappa shape index (κ2) is 8.85. The molecule has 0 saturated carbocycles. The number of nitrogens with zero attached hydrogens (tertiary/aromatic N) is 1. The zero-order chi connectivity index (χ0) is 22.8. The predicted molar refractivity (Wildman–Crippen MR) is 113 cm³/mol. The minimum Gasteiger partial charge on any atom is -0.380 e. The molecule has 1 aliphatic heterocycles. The Labute approximate surface area is 178 Å². The molecular weight excluding hydrogens is 407 g/mol. The average molecular weight is 431 g/mol. The van der Waals surface area contributed by atoms with Crippen LogP contribution in [0.2, 0.25) is 0 Å². The van der Waals surface area contributed by atoms with E-state index >= 15 is 0 Å². The van der Waals surface area contributed by atoms with Crippen molar-refractivity contribution < 1.29 is 23.1 Å². The Bertz CT molecular complexity index is 1080. The van der Waals surface area contributed by atoms with Crippen molar-refractivity contribution in [2.24, 2.45) is 0 Å². The standard InChI is InChI=1S/C21H18F3N3O2.C2H6/c1-12-4-7-16(15(23)9-12)26-19-13(5-6-14(22)18(19)24)20(28)27-10-21(29,11-27)17-3-2-8-25-17;1-2/h2-9,25-26,29H,10-11H2,1H3;1-2H3. The molecule has 0 spiro atoms. The number of aromatic nitrogens is 1. The van der Waals surface area contributed by atoms with Crippen molar-refractivity contribution >= 4 is 17.3 Å². The van der Waals surface area contributed by atoms with Crippen LogP contribution in [0.3, 0.4) is 0 Å². The van der Waals surface area contributed by atoms with E-state index in [1.165, 1.54) is 17.0 Å². The number of aromatic amines is 1. The van der Waals surface area contributed by atoms with Gasteiger partial charge in [-0.25, -0.2) is 13.2 Å². The van der Waals surface area contributed by atoms with Crippen LogP contribution in [0.4, 0.5) is 24.5 Å². The number of aliphatic hydroxyl groups is 1. The Morgan fingerprint density at radius 2 is 1.81 bits per heavy atom. The van der Waals surface area contributed by atoms with Crippen LogP contribution in [-0.2, 0) is 5.60 Å². The summed E-state index contributed by atoms with van der Waals surface area (Å²) in [7, 11) is 0. The number of H-pyrrole nitrogens is 1. The number of β-amino-alcohol motifs (C(OH)–C–C–N with tert-alkyl or cyclic N) is 1. The SMILES string of the molecule is CC.Cc1ccc(Nc2c(C(=O)N3CC(O)(c4ccc[nH]4)C3)ccc(F)c2F)c(F)c1. The van der Waals surface area contributed by atoms with Gasteiger partial charge in [0.2, 0.25) is 0 Å². The van der Waals surface area contributed by atoms with Gasteiger partial charge in [-0.2, -0.15) is 0 Å². The number of benzene rings is 2. The molecule has 0 aliphatic carbocycles. The number of aryl methyl sites for hydroxylation is 1. The van der Waals surface area contributed by atoms with E-state index < -0.39 is 34.6 Å². The minimum atomic E-state index is -1.28. The highest BCUT2D eigenvalue weighted by Gasteiger charge is 2.46. The molecule has 164 valence electrons. The van der Waals surface area contributed by atoms with Crippen molar-refractivity contribution in [1.82, 2.24) is 9.88 Å². The number of likely N-dealkylation sites (tertiary alicyclic amines) is 1. The molecule has 1 fully saturated rings. The Hall–Kier alpha value is -3.26. The lowest BCUT2D eigenvalue weighted by atomic mass is 9.89. The summed E-state index contributed by atoms with van der Waals surface area (Å²) in [6, 6.07) is 9.65. The van der Waals surface area contributed by atoms with E-state index in [1.807, 2.05) is 13.8 Å². The number of carbonyl (C=O) groups excluding carboxylic acids is 1. The maximum absolute atomic E-state index is 14.5. The van der Waals surface area contributed by atoms with Crippen LogP contribution in [0.25, 0.3) is 0 Å². The number of amides is 1. The number of hydrogen-bond donors (Lipinski definition) is 3. The first-order chi connectivity index (χ1) is 14.8. The van der Waals surface area contributed by atoms with Crippen LogP contribution >= 0.6 is 0 Å². The summed E-state index contributed by atoms with van der Waals surface area (Å²) in [6.45, 7) is 5.67. The zero-order valence-electron chi connectivity index (χ0n) is 17.5. The summed E-state index contributed by atoms with van der Waals surface area (Å²) in [6.07, 6.45) is 1.66. The monoisotopic (exact) mass is 431 g/mol. The Kier molecular flexibility index (Phi) is 6.40. The van der Waals surface area contributed by atoms with E-state index in [1.54, 1.807) is 31.3 Å². The number of nitrogens with one attached hydrogen (secondary N) is 2. The second-order valence-corrected chi connectivity index (χ2v) is 7.17. The summed E-state index contributed by atoms with van der Waals surface area (Å²) >= 11 is 0. The van der Waals surface area contributed by atoms with Crippen molar-refractivity contribution in [3.05, 3.63) is 82.9 Å². The minimum absolute atomic E-state index is 0.0102. The van der Waals surface area contributed by atoms with Crippen molar-refractivity contribution in [3.8, 4) is 0 Å². The van der Waals surface area contributed by atoms with E-state index in [9.17, 15) is 23.1 Å². The Morgan fingerprint density at radius 3 is 2.42 bits per heavy atom. The Morgan fingerprint density at radius 1 is 1.10 bits per heavy atom. The fraction of sp³-hybridized carbons (Fsp3) is 0.261. The Balaban J connectivity index is 0.00000132. The normalized spacial score (nSPS) is 14.4. The number of halogens is 3. The van der Waals surface area contributed by atoms with E-state index in [4.69, 9.17) is 0 Å². The summed E-state index contributed by atoms with van der Waals surface area (Å²) in [4.78, 5) is 17.1. The molecule has 0 unspecified atom stereocenters. The molecule has 1 saturated heterocycles. The highest BCUT2D eigenvalue weighted by Crippen LogP contribution is 2.35. The van der Waals surface area contributed by atoms with Gasteiger partial charge in [0.05, 0.1) is 35.7 Å². The molecule has 4 rings (SSSR count). The smallest absolute Gasteiger partial charge is 0.256 e. The highest BCUT2D eigenvalue weighted by molar-refractivity contribution is 6.01. The number of anilines is 2. The molecule has 3 N–H and O–H groups in total. The number of hydrogen-bond acceptors (Lipinski definition) is 3. The quantitative estimate of drug-likeness (QED) is 0.553. The van der Waals surface area contributed by atoms with Gasteiger partial charge < -0.3 is 20.3 Å². The molecule has 8 heteroatoms. The van der Waals surface area contributed by atoms with Gasteiger partial charge in [-0.3, -0.25) is 4.79 Å². The zero-order valence-corrected chi connectivity index (χ0v) is 17.5. The first-order valence-corrected chi connectivity index (χ1v) is 9.95. The van der Waals surface area contributed by atoms with Crippen molar-refractivity contribution in [3.63, 3.8) is 0 Å². The number of carbonyl (C=O) groups is 1. The summed E-state index contributed by atoms with van der Waals surface area (Å²) < 4.78 is 42.5. The average Bonchev–Trinajstić information content (AvgIpc) is 3.27. The van der Waals surface area contributed by atoms with Gasteiger partial charge in [-0.15, -0.1) is 0 Å². The van der Waals surface area contributed by atoms with Gasteiger partial charge in [0.25, 0.3) is 5.91 Å². The van der Waals surface area contributed by atoms with Gasteiger partial charge in [-0.1, -0.05) is 19.9 Å². The van der Waals surface area contributed by atoms with Gasteiger partial charge in [0.1, 0.15) is 11.4 Å². The third-order valence-electron chi connectivity index (χ3n) is 5.00. The topological polar surface area (TPSA) is 68.4 Å². The molecule has 3 aromatic rings. The second-order valence-electron chi connectivity index (χ2n) is 7.17. The van der Waals surface area contributed by atoms with Crippen LogP contribution in [0.1, 0.15) is 35.5 Å². The molecule has 0 bridgehead atoms. The maximum atomic E-state index is 14.5. The van der Waals surface area contributed by atoms with Gasteiger partial charge in [0, 0.05) is 6.20 Å². The molecule has 5 nitrogen and oxygen atoms in total. The third kappa shape index (κ3) is 4.29. The molecule has 1 amide bonds. The summed E-state index contributed by atoms with van der Waals surface area (Å²) in [5.74, 6) is -3.70. The summed E-state index contributed by atoms with van der Waals surface area (Å²) in [5, 5.41) is 13.1. The molecular formula is C23H24F3N3O2. The predicted octanol–water partition coefficient (Wildman–Crippen LogP) is 4.85. The molecule has 2 heterocycles. The van der Waals surface area contributed by atoms with Crippen molar-refractivity contribution in [2.45, 2.75) is 26.4 Å². The van der Waals surface area contributed by atoms with Crippen LogP contribution in [0.5, 0.6) is 0 Å². The van der Waals surface area contributed by atoms with Gasteiger partial charge >= 0.3 is 0 Å². The van der Waals surface area contributed by atoms with E-state index in [0.717, 1.165) is 12.1 Å². The molecule has 1 aliphatic rings. The molecule has 31 heavy (non-hydrogen) atoms. The molecule has 0 radical (unpaired) electrons. The fourth-order valence-corrected chi connectivity index (χ4v) is 3.40. The first kappa shape index (κ1) is 22.4. The van der Waals surface area contributed by atoms with Crippen LogP contribution in [0.15, 0.2) is 48.7 Å². The fourth-order valence-electron chi connectivity index (χ4n) is 3.40. The lowest BCUT2D eigenvalue weighted by Gasteiger charge is -2.46. The van der Waals surface area contributed by atoms with Gasteiger partial charge in [-0.05, 0) is 48.9 Å². The van der Waals surface area contributed by atoms with Crippen LogP contribution in [0, 0.1) is 24.4 Å². The van der Waals surface area contributed by atoms with Gasteiger partial charge in [0.15, 0.2) is 11.6 Å². The molecule has 0 atom stereocenters. The van der Waals surface area contributed by atoms with Crippen molar-refractivity contribution in [2.75, 3.05) is 18.4 Å². The highest BCUT2D eigenvalue weighted by atomic mass is 19.2. The van der Waals surface area contributed by atoms with Crippen LogP contribution in [-0.4, -0.2) is 34.0 Å².